The fourth-order valence-electron chi connectivity index (χ4n) is 3.27. The van der Waals surface area contributed by atoms with Crippen molar-refractivity contribution in [3.8, 4) is 11.5 Å². The maximum atomic E-state index is 10.7. The van der Waals surface area contributed by atoms with E-state index in [2.05, 4.69) is 71.9 Å². The van der Waals surface area contributed by atoms with Crippen LogP contribution in [0.2, 0.25) is 0 Å². The van der Waals surface area contributed by atoms with Gasteiger partial charge in [-0.05, 0) is 72.2 Å². The van der Waals surface area contributed by atoms with Crippen LogP contribution < -0.4 is 0 Å². The number of phenolic OH excluding ortho intramolecular Hbond substituents is 2. The van der Waals surface area contributed by atoms with Gasteiger partial charge in [0.1, 0.15) is 11.5 Å². The molecule has 0 aliphatic heterocycles. The molecule has 212 valence electrons. The molecule has 40 heavy (non-hydrogen) atoms. The van der Waals surface area contributed by atoms with Crippen molar-refractivity contribution in [2.24, 2.45) is 0 Å². The van der Waals surface area contributed by atoms with Gasteiger partial charge in [0.2, 0.25) is 0 Å². The number of Topliss-reactive ketones (excluding diaryl/α,β-unsaturated/α-hetero) is 2. The van der Waals surface area contributed by atoms with Gasteiger partial charge in [0, 0.05) is 11.1 Å². The van der Waals surface area contributed by atoms with Crippen molar-refractivity contribution in [2.45, 2.75) is 66.2 Å². The highest BCUT2D eigenvalue weighted by Crippen LogP contribution is 2.23. The van der Waals surface area contributed by atoms with Crippen LogP contribution >= 0.6 is 0 Å². The van der Waals surface area contributed by atoms with Crippen LogP contribution in [0, 0.1) is 0 Å². The van der Waals surface area contributed by atoms with Crippen molar-refractivity contribution in [1.82, 2.24) is 0 Å². The zero-order valence-electron chi connectivity index (χ0n) is 25.1. The molecule has 0 fully saturated rings. The topological polar surface area (TPSA) is 74.6 Å². The molecule has 0 radical (unpaired) electrons. The smallest absolute Gasteiger partial charge is 0.159 e. The van der Waals surface area contributed by atoms with E-state index in [1.54, 1.807) is 31.2 Å². The van der Waals surface area contributed by atoms with Crippen LogP contribution in [0.25, 0.3) is 0 Å². The standard InChI is InChI=1S/C10H14O.C10H14.C8H8O2.C8H8O/c1-10(2,3)8-4-6-9(11)7-5-8;1-10(2,3)9-7-5-4-6-8-9;1-6(9)7-2-4-8(10)5-3-7;1-7(9)8-5-3-2-4-6-8/h4-7,11H,1-3H3;4-8H,1-3H3;2-5,10H,1H3;2-6H,1H3. The van der Waals surface area contributed by atoms with E-state index in [-0.39, 0.29) is 22.7 Å². The quantitative estimate of drug-likeness (QED) is 0.249. The molecule has 0 saturated heterocycles. The highest BCUT2D eigenvalue weighted by atomic mass is 16.3. The third kappa shape index (κ3) is 13.6. The van der Waals surface area contributed by atoms with Crippen LogP contribution in [0.1, 0.15) is 87.2 Å². The Kier molecular flexibility index (Phi) is 13.6. The van der Waals surface area contributed by atoms with Gasteiger partial charge in [-0.2, -0.15) is 0 Å². The Hall–Kier alpha value is -4.18. The summed E-state index contributed by atoms with van der Waals surface area (Å²) in [6.07, 6.45) is 0. The first kappa shape index (κ1) is 33.8. The molecular formula is C36H44O4. The van der Waals surface area contributed by atoms with Crippen LogP contribution in [-0.4, -0.2) is 21.8 Å². The molecule has 0 unspecified atom stereocenters. The van der Waals surface area contributed by atoms with Crippen LogP contribution in [0.5, 0.6) is 11.5 Å². The molecule has 0 aliphatic carbocycles. The molecule has 0 amide bonds. The molecule has 0 bridgehead atoms. The van der Waals surface area contributed by atoms with Crippen LogP contribution in [0.4, 0.5) is 0 Å². The highest BCUT2D eigenvalue weighted by molar-refractivity contribution is 5.94. The second-order valence-electron chi connectivity index (χ2n) is 11.4. The Labute approximate surface area is 240 Å². The van der Waals surface area contributed by atoms with E-state index in [1.165, 1.54) is 30.2 Å². The van der Waals surface area contributed by atoms with E-state index in [9.17, 15) is 9.59 Å². The lowest BCUT2D eigenvalue weighted by Gasteiger charge is -2.18. The third-order valence-electron chi connectivity index (χ3n) is 5.83. The molecule has 4 rings (SSSR count). The van der Waals surface area contributed by atoms with Crippen LogP contribution in [0.15, 0.2) is 109 Å². The SMILES string of the molecule is CC(=O)c1ccc(O)cc1.CC(=O)c1ccccc1.CC(C)(C)c1ccc(O)cc1.CC(C)(C)c1ccccc1. The third-order valence-corrected chi connectivity index (χ3v) is 5.83. The van der Waals surface area contributed by atoms with Gasteiger partial charge >= 0.3 is 0 Å². The van der Waals surface area contributed by atoms with Crippen molar-refractivity contribution < 1.29 is 19.8 Å². The first-order chi connectivity index (χ1) is 18.6. The Balaban J connectivity index is 0.000000267. The van der Waals surface area contributed by atoms with E-state index in [0.717, 1.165) is 5.56 Å². The Morgan fingerprint density at radius 3 is 1.05 bits per heavy atom. The molecule has 4 aromatic rings. The van der Waals surface area contributed by atoms with E-state index in [4.69, 9.17) is 10.2 Å². The fourth-order valence-corrected chi connectivity index (χ4v) is 3.27. The minimum absolute atomic E-state index is 0.0139. The van der Waals surface area contributed by atoms with E-state index in [1.807, 2.05) is 42.5 Å². The average molecular weight is 541 g/mol. The summed E-state index contributed by atoms with van der Waals surface area (Å²) in [7, 11) is 0. The first-order valence-electron chi connectivity index (χ1n) is 13.3. The summed E-state index contributed by atoms with van der Waals surface area (Å²) < 4.78 is 0. The summed E-state index contributed by atoms with van der Waals surface area (Å²) in [6, 6.07) is 33.3. The van der Waals surface area contributed by atoms with Gasteiger partial charge in [-0.1, -0.05) is 114 Å². The number of rotatable bonds is 2. The molecule has 0 heterocycles. The predicted molar refractivity (Wildman–Crippen MR) is 167 cm³/mol. The number of hydrogen-bond donors (Lipinski definition) is 2. The van der Waals surface area contributed by atoms with Crippen molar-refractivity contribution in [3.05, 3.63) is 131 Å². The number of ketones is 2. The van der Waals surface area contributed by atoms with Crippen molar-refractivity contribution in [1.29, 1.82) is 0 Å². The van der Waals surface area contributed by atoms with Gasteiger partial charge in [0.25, 0.3) is 0 Å². The maximum Gasteiger partial charge on any atom is 0.159 e. The average Bonchev–Trinajstić information content (AvgIpc) is 2.90. The minimum Gasteiger partial charge on any atom is -0.508 e. The predicted octanol–water partition coefficient (Wildman–Crippen LogP) is 9.16. The molecule has 0 saturated carbocycles. The second-order valence-corrected chi connectivity index (χ2v) is 11.4. The number of aromatic hydroxyl groups is 2. The second kappa shape index (κ2) is 16.0. The summed E-state index contributed by atoms with van der Waals surface area (Å²) in [5.74, 6) is 0.651. The molecule has 0 aliphatic rings. The molecular weight excluding hydrogens is 496 g/mol. The molecule has 0 atom stereocenters. The molecule has 0 spiro atoms. The number of benzene rings is 4. The summed E-state index contributed by atoms with van der Waals surface area (Å²) in [5, 5.41) is 17.8. The first-order valence-corrected chi connectivity index (χ1v) is 13.3. The molecule has 4 heteroatoms. The fraction of sp³-hybridized carbons (Fsp3) is 0.278. The molecule has 0 aromatic heterocycles. The molecule has 2 N–H and O–H groups in total. The van der Waals surface area contributed by atoms with Crippen molar-refractivity contribution >= 4 is 11.6 Å². The summed E-state index contributed by atoms with van der Waals surface area (Å²) >= 11 is 0. The lowest BCUT2D eigenvalue weighted by Crippen LogP contribution is -2.10. The van der Waals surface area contributed by atoms with E-state index >= 15 is 0 Å². The Morgan fingerprint density at radius 2 is 0.750 bits per heavy atom. The number of phenols is 2. The van der Waals surface area contributed by atoms with Gasteiger partial charge in [-0.15, -0.1) is 0 Å². The van der Waals surface area contributed by atoms with E-state index < -0.39 is 0 Å². The van der Waals surface area contributed by atoms with Gasteiger partial charge in [-0.3, -0.25) is 9.59 Å². The monoisotopic (exact) mass is 540 g/mol. The van der Waals surface area contributed by atoms with Gasteiger partial charge < -0.3 is 10.2 Å². The lowest BCUT2D eigenvalue weighted by molar-refractivity contribution is 0.100. The van der Waals surface area contributed by atoms with Gasteiger partial charge in [-0.25, -0.2) is 0 Å². The molecule has 4 nitrogen and oxygen atoms in total. The maximum absolute atomic E-state index is 10.7. The lowest BCUT2D eigenvalue weighted by atomic mass is 9.87. The summed E-state index contributed by atoms with van der Waals surface area (Å²) in [5.41, 5.74) is 4.51. The number of carbonyl (C=O) groups excluding carboxylic acids is 2. The van der Waals surface area contributed by atoms with E-state index in [0.29, 0.717) is 16.7 Å². The Bertz CT molecular complexity index is 1280. The number of hydrogen-bond acceptors (Lipinski definition) is 4. The van der Waals surface area contributed by atoms with Crippen molar-refractivity contribution in [2.75, 3.05) is 0 Å². The van der Waals surface area contributed by atoms with Gasteiger partial charge in [0.15, 0.2) is 11.6 Å². The van der Waals surface area contributed by atoms with Crippen LogP contribution in [-0.2, 0) is 10.8 Å². The normalized spacial score (nSPS) is 10.4. The summed E-state index contributed by atoms with van der Waals surface area (Å²) in [4.78, 5) is 21.3. The number of carbonyl (C=O) groups is 2. The summed E-state index contributed by atoms with van der Waals surface area (Å²) in [6.45, 7) is 16.2. The Morgan fingerprint density at radius 1 is 0.450 bits per heavy atom. The van der Waals surface area contributed by atoms with Crippen molar-refractivity contribution in [3.63, 3.8) is 0 Å². The largest absolute Gasteiger partial charge is 0.508 e. The molecule has 4 aromatic carbocycles. The highest BCUT2D eigenvalue weighted by Gasteiger charge is 2.12. The zero-order valence-corrected chi connectivity index (χ0v) is 25.1. The van der Waals surface area contributed by atoms with Crippen LogP contribution in [0.3, 0.4) is 0 Å². The van der Waals surface area contributed by atoms with Gasteiger partial charge in [0.05, 0.1) is 0 Å². The minimum atomic E-state index is 0.0139. The zero-order chi connectivity index (χ0) is 30.3.